The number of amides is 1. The minimum atomic E-state index is -0.420. The van der Waals surface area contributed by atoms with Crippen LogP contribution in [0.1, 0.15) is 41.7 Å². The van der Waals surface area contributed by atoms with Crippen molar-refractivity contribution in [1.82, 2.24) is 15.6 Å². The molecule has 0 aliphatic carbocycles. The first-order valence-electron chi connectivity index (χ1n) is 6.80. The van der Waals surface area contributed by atoms with E-state index < -0.39 is 5.97 Å². The summed E-state index contributed by atoms with van der Waals surface area (Å²) in [6.07, 6.45) is 2.68. The van der Waals surface area contributed by atoms with E-state index in [-0.39, 0.29) is 30.7 Å². The van der Waals surface area contributed by atoms with Gasteiger partial charge in [-0.3, -0.25) is 4.79 Å². The van der Waals surface area contributed by atoms with Crippen molar-refractivity contribution in [2.45, 2.75) is 38.8 Å². The Hall–Kier alpha value is -0.890. The second kappa shape index (κ2) is 10.8. The van der Waals surface area contributed by atoms with Gasteiger partial charge in [-0.25, -0.2) is 9.78 Å². The van der Waals surface area contributed by atoms with Gasteiger partial charge in [-0.2, -0.15) is 0 Å². The van der Waals surface area contributed by atoms with Gasteiger partial charge in [0.1, 0.15) is 5.01 Å². The highest BCUT2D eigenvalue weighted by molar-refractivity contribution is 7.09. The standard InChI is InChI=1S/C13H19N3O3S.2ClH/c1-2-19-13(18)10-8-20-12(16-10)7-15-11(17)6-9-4-3-5-14-9;;/h8-9,14H,2-7H2,1H3,(H,15,17);2*1H. The number of hydrogen-bond donors (Lipinski definition) is 2. The van der Waals surface area contributed by atoms with E-state index in [4.69, 9.17) is 4.74 Å². The molecule has 22 heavy (non-hydrogen) atoms. The largest absolute Gasteiger partial charge is 0.461 e. The molecule has 1 saturated heterocycles. The van der Waals surface area contributed by atoms with Gasteiger partial charge >= 0.3 is 5.97 Å². The lowest BCUT2D eigenvalue weighted by Crippen LogP contribution is -2.31. The van der Waals surface area contributed by atoms with Crippen LogP contribution < -0.4 is 10.6 Å². The topological polar surface area (TPSA) is 80.3 Å². The molecule has 0 saturated carbocycles. The Kier molecular flexibility index (Phi) is 10.3. The molecule has 1 aromatic rings. The zero-order valence-electron chi connectivity index (χ0n) is 12.3. The van der Waals surface area contributed by atoms with Crippen LogP contribution in [0.15, 0.2) is 5.38 Å². The van der Waals surface area contributed by atoms with Gasteiger partial charge < -0.3 is 15.4 Å². The van der Waals surface area contributed by atoms with Crippen molar-refractivity contribution in [2.75, 3.05) is 13.2 Å². The Morgan fingerprint density at radius 3 is 2.91 bits per heavy atom. The third kappa shape index (κ3) is 6.48. The van der Waals surface area contributed by atoms with Crippen LogP contribution in [0.2, 0.25) is 0 Å². The summed E-state index contributed by atoms with van der Waals surface area (Å²) in [5.41, 5.74) is 0.304. The minimum Gasteiger partial charge on any atom is -0.461 e. The molecule has 1 unspecified atom stereocenters. The Morgan fingerprint density at radius 2 is 2.27 bits per heavy atom. The van der Waals surface area contributed by atoms with E-state index in [1.165, 1.54) is 11.3 Å². The quantitative estimate of drug-likeness (QED) is 0.748. The fourth-order valence-electron chi connectivity index (χ4n) is 2.09. The van der Waals surface area contributed by atoms with E-state index >= 15 is 0 Å². The molecule has 1 atom stereocenters. The van der Waals surface area contributed by atoms with Crippen LogP contribution in [0.5, 0.6) is 0 Å². The molecule has 2 rings (SSSR count). The van der Waals surface area contributed by atoms with Crippen molar-refractivity contribution in [2.24, 2.45) is 0 Å². The first kappa shape index (κ1) is 21.1. The van der Waals surface area contributed by atoms with Gasteiger partial charge in [-0.1, -0.05) is 0 Å². The van der Waals surface area contributed by atoms with Gasteiger partial charge in [-0.15, -0.1) is 36.2 Å². The number of halogens is 2. The number of thiazole rings is 1. The van der Waals surface area contributed by atoms with Crippen LogP contribution in [-0.2, 0) is 16.1 Å². The van der Waals surface area contributed by atoms with E-state index in [9.17, 15) is 9.59 Å². The molecule has 0 bridgehead atoms. The van der Waals surface area contributed by atoms with E-state index in [0.717, 1.165) is 19.4 Å². The van der Waals surface area contributed by atoms with Gasteiger partial charge in [0.05, 0.1) is 13.2 Å². The maximum Gasteiger partial charge on any atom is 0.357 e. The Balaban J connectivity index is 0.00000220. The van der Waals surface area contributed by atoms with Crippen LogP contribution >= 0.6 is 36.2 Å². The molecule has 1 fully saturated rings. The Bertz CT molecular complexity index is 479. The summed E-state index contributed by atoms with van der Waals surface area (Å²) >= 11 is 1.35. The average Bonchev–Trinajstić information content (AvgIpc) is 3.07. The second-order valence-corrected chi connectivity index (χ2v) is 5.56. The predicted octanol–water partition coefficient (Wildman–Crippen LogP) is 1.92. The number of carbonyl (C=O) groups excluding carboxylic acids is 2. The van der Waals surface area contributed by atoms with Crippen molar-refractivity contribution < 1.29 is 14.3 Å². The average molecular weight is 370 g/mol. The van der Waals surface area contributed by atoms with Crippen molar-refractivity contribution in [1.29, 1.82) is 0 Å². The fourth-order valence-corrected chi connectivity index (χ4v) is 2.80. The molecule has 2 N–H and O–H groups in total. The van der Waals surface area contributed by atoms with Gasteiger partial charge in [0, 0.05) is 17.8 Å². The van der Waals surface area contributed by atoms with Crippen molar-refractivity contribution in [3.05, 3.63) is 16.1 Å². The highest BCUT2D eigenvalue weighted by atomic mass is 35.5. The number of carbonyl (C=O) groups is 2. The number of nitrogens with one attached hydrogen (secondary N) is 2. The first-order valence-corrected chi connectivity index (χ1v) is 7.68. The molecular formula is C13H21Cl2N3O3S. The van der Waals surface area contributed by atoms with Crippen LogP contribution in [0, 0.1) is 0 Å². The summed E-state index contributed by atoms with van der Waals surface area (Å²) in [7, 11) is 0. The fraction of sp³-hybridized carbons (Fsp3) is 0.615. The molecule has 1 aromatic heterocycles. The normalized spacial score (nSPS) is 16.3. The summed E-state index contributed by atoms with van der Waals surface area (Å²) in [5.74, 6) is -0.409. The highest BCUT2D eigenvalue weighted by Crippen LogP contribution is 2.12. The van der Waals surface area contributed by atoms with Crippen LogP contribution in [0.25, 0.3) is 0 Å². The summed E-state index contributed by atoms with van der Waals surface area (Å²) in [4.78, 5) is 27.3. The molecule has 6 nitrogen and oxygen atoms in total. The molecular weight excluding hydrogens is 349 g/mol. The summed E-state index contributed by atoms with van der Waals surface area (Å²) in [6.45, 7) is 3.43. The molecule has 126 valence electrons. The van der Waals surface area contributed by atoms with E-state index in [1.807, 2.05) is 0 Å². The van der Waals surface area contributed by atoms with Crippen molar-refractivity contribution in [3.8, 4) is 0 Å². The SMILES string of the molecule is CCOC(=O)c1csc(CNC(=O)CC2CCCN2)n1.Cl.Cl. The van der Waals surface area contributed by atoms with Crippen LogP contribution in [0.3, 0.4) is 0 Å². The molecule has 0 aromatic carbocycles. The Labute approximate surface area is 146 Å². The summed E-state index contributed by atoms with van der Waals surface area (Å²) in [5, 5.41) is 8.47. The molecule has 2 heterocycles. The van der Waals surface area contributed by atoms with Crippen molar-refractivity contribution in [3.63, 3.8) is 0 Å². The van der Waals surface area contributed by atoms with Crippen molar-refractivity contribution >= 4 is 48.0 Å². The molecule has 1 aliphatic rings. The lowest BCUT2D eigenvalue weighted by Gasteiger charge is -2.09. The maximum absolute atomic E-state index is 11.7. The number of nitrogens with zero attached hydrogens (tertiary/aromatic N) is 1. The highest BCUT2D eigenvalue weighted by Gasteiger charge is 2.18. The molecule has 0 spiro atoms. The molecule has 0 radical (unpaired) electrons. The number of aromatic nitrogens is 1. The number of ether oxygens (including phenoxy) is 1. The monoisotopic (exact) mass is 369 g/mol. The maximum atomic E-state index is 11.7. The number of esters is 1. The Morgan fingerprint density at radius 1 is 1.50 bits per heavy atom. The summed E-state index contributed by atoms with van der Waals surface area (Å²) < 4.78 is 4.87. The minimum absolute atomic E-state index is 0. The van der Waals surface area contributed by atoms with Gasteiger partial charge in [0.25, 0.3) is 0 Å². The van der Waals surface area contributed by atoms with E-state index in [0.29, 0.717) is 36.3 Å². The first-order chi connectivity index (χ1) is 9.69. The number of hydrogen-bond acceptors (Lipinski definition) is 6. The molecule has 9 heteroatoms. The number of rotatable bonds is 6. The third-order valence-corrected chi connectivity index (χ3v) is 3.92. The lowest BCUT2D eigenvalue weighted by molar-refractivity contribution is -0.121. The molecule has 1 amide bonds. The third-order valence-electron chi connectivity index (χ3n) is 3.07. The van der Waals surface area contributed by atoms with Gasteiger partial charge in [0.2, 0.25) is 5.91 Å². The summed E-state index contributed by atoms with van der Waals surface area (Å²) in [6, 6.07) is 0.293. The van der Waals surface area contributed by atoms with Crippen LogP contribution in [-0.4, -0.2) is 36.1 Å². The smallest absolute Gasteiger partial charge is 0.357 e. The van der Waals surface area contributed by atoms with E-state index in [1.54, 1.807) is 12.3 Å². The lowest BCUT2D eigenvalue weighted by atomic mass is 10.1. The predicted molar refractivity (Wildman–Crippen MR) is 90.1 cm³/mol. The van der Waals surface area contributed by atoms with Crippen LogP contribution in [0.4, 0.5) is 0 Å². The zero-order valence-corrected chi connectivity index (χ0v) is 14.7. The molecule has 1 aliphatic heterocycles. The second-order valence-electron chi connectivity index (χ2n) is 4.62. The van der Waals surface area contributed by atoms with E-state index in [2.05, 4.69) is 15.6 Å². The zero-order chi connectivity index (χ0) is 14.4. The van der Waals surface area contributed by atoms with Gasteiger partial charge in [0.15, 0.2) is 5.69 Å². The van der Waals surface area contributed by atoms with Gasteiger partial charge in [-0.05, 0) is 26.3 Å².